The Morgan fingerprint density at radius 2 is 1.71 bits per heavy atom. The first-order valence-corrected chi connectivity index (χ1v) is 11.9. The lowest BCUT2D eigenvalue weighted by molar-refractivity contribution is -0.143. The first kappa shape index (κ1) is 24.1. The van der Waals surface area contributed by atoms with Crippen molar-refractivity contribution in [1.29, 1.82) is 0 Å². The van der Waals surface area contributed by atoms with Crippen LogP contribution >= 0.6 is 0 Å². The molecule has 0 bridgehead atoms. The van der Waals surface area contributed by atoms with E-state index in [-0.39, 0.29) is 17.2 Å². The number of piperidine rings is 1. The van der Waals surface area contributed by atoms with E-state index in [2.05, 4.69) is 22.2 Å². The largest absolute Gasteiger partial charge is 0.497 e. The first-order valence-electron chi connectivity index (χ1n) is 11.9. The number of rotatable bonds is 5. The first-order chi connectivity index (χ1) is 16.3. The molecular formula is C26H34N4O4. The van der Waals surface area contributed by atoms with Crippen LogP contribution in [0.25, 0.3) is 0 Å². The van der Waals surface area contributed by atoms with E-state index < -0.39 is 5.41 Å². The van der Waals surface area contributed by atoms with Crippen molar-refractivity contribution in [2.24, 2.45) is 0 Å². The number of amides is 2. The lowest BCUT2D eigenvalue weighted by atomic mass is 9.72. The molecule has 1 aromatic carbocycles. The van der Waals surface area contributed by atoms with E-state index in [9.17, 15) is 9.59 Å². The highest BCUT2D eigenvalue weighted by Gasteiger charge is 2.46. The van der Waals surface area contributed by atoms with E-state index in [1.54, 1.807) is 20.2 Å². The maximum absolute atomic E-state index is 14.0. The third-order valence-corrected chi connectivity index (χ3v) is 7.41. The number of benzene rings is 1. The summed E-state index contributed by atoms with van der Waals surface area (Å²) in [5, 5.41) is 2.64. The summed E-state index contributed by atoms with van der Waals surface area (Å²) < 4.78 is 10.9. The predicted molar refractivity (Wildman–Crippen MR) is 128 cm³/mol. The Morgan fingerprint density at radius 3 is 2.29 bits per heavy atom. The quantitative estimate of drug-likeness (QED) is 0.728. The molecule has 2 fully saturated rings. The maximum Gasteiger partial charge on any atom is 0.269 e. The van der Waals surface area contributed by atoms with Gasteiger partial charge in [-0.2, -0.15) is 0 Å². The molecule has 34 heavy (non-hydrogen) atoms. The average molecular weight is 467 g/mol. The van der Waals surface area contributed by atoms with E-state index in [1.807, 2.05) is 36.1 Å². The van der Waals surface area contributed by atoms with Gasteiger partial charge in [0.05, 0.1) is 12.5 Å². The fourth-order valence-electron chi connectivity index (χ4n) is 5.07. The number of methoxy groups -OCH3 is 1. The minimum Gasteiger partial charge on any atom is -0.497 e. The Bertz CT molecular complexity index is 1040. The molecule has 3 heterocycles. The van der Waals surface area contributed by atoms with Crippen LogP contribution in [0.1, 0.15) is 60.2 Å². The summed E-state index contributed by atoms with van der Waals surface area (Å²) in [6.45, 7) is 6.40. The summed E-state index contributed by atoms with van der Waals surface area (Å²) in [7, 11) is 3.24. The number of hydrogen-bond donors (Lipinski definition) is 1. The fourth-order valence-corrected chi connectivity index (χ4v) is 5.07. The second kappa shape index (κ2) is 9.70. The SMILES string of the molecule is CNC(=O)c1cc(C)nc(C2(C)CCN(C(=O)C3(c4ccc(OC)cc4)CCOCC3)CC2)n1. The number of hydrogen-bond acceptors (Lipinski definition) is 6. The number of aromatic nitrogens is 2. The highest BCUT2D eigenvalue weighted by Crippen LogP contribution is 2.40. The molecule has 8 nitrogen and oxygen atoms in total. The zero-order valence-electron chi connectivity index (χ0n) is 20.5. The van der Waals surface area contributed by atoms with Crippen LogP contribution in [0.3, 0.4) is 0 Å². The van der Waals surface area contributed by atoms with Gasteiger partial charge in [-0.25, -0.2) is 9.97 Å². The monoisotopic (exact) mass is 466 g/mol. The van der Waals surface area contributed by atoms with Crippen LogP contribution in [-0.4, -0.2) is 67.1 Å². The summed E-state index contributed by atoms with van der Waals surface area (Å²) in [6, 6.07) is 9.57. The summed E-state index contributed by atoms with van der Waals surface area (Å²) >= 11 is 0. The molecule has 0 aliphatic carbocycles. The Balaban J connectivity index is 1.55. The van der Waals surface area contributed by atoms with E-state index in [0.717, 1.165) is 29.8 Å². The van der Waals surface area contributed by atoms with Crippen molar-refractivity contribution in [2.75, 3.05) is 40.5 Å². The van der Waals surface area contributed by atoms with Gasteiger partial charge >= 0.3 is 0 Å². The molecule has 0 radical (unpaired) electrons. The van der Waals surface area contributed by atoms with Crippen molar-refractivity contribution in [1.82, 2.24) is 20.2 Å². The molecule has 0 unspecified atom stereocenters. The maximum atomic E-state index is 14.0. The fraction of sp³-hybridized carbons (Fsp3) is 0.538. The predicted octanol–water partition coefficient (Wildman–Crippen LogP) is 2.78. The second-order valence-corrected chi connectivity index (χ2v) is 9.57. The third-order valence-electron chi connectivity index (χ3n) is 7.41. The van der Waals surface area contributed by atoms with Crippen LogP contribution < -0.4 is 10.1 Å². The third kappa shape index (κ3) is 4.51. The van der Waals surface area contributed by atoms with Crippen LogP contribution in [0.15, 0.2) is 30.3 Å². The van der Waals surface area contributed by atoms with Gasteiger partial charge in [0.1, 0.15) is 17.3 Å². The minimum absolute atomic E-state index is 0.166. The molecule has 4 rings (SSSR count). The molecule has 2 aromatic rings. The molecule has 2 aliphatic rings. The van der Waals surface area contributed by atoms with Crippen molar-refractivity contribution in [3.05, 3.63) is 53.1 Å². The number of nitrogens with one attached hydrogen (secondary N) is 1. The van der Waals surface area contributed by atoms with Crippen molar-refractivity contribution in [3.8, 4) is 5.75 Å². The molecule has 0 saturated carbocycles. The Kier molecular flexibility index (Phi) is 6.89. The number of aryl methyl sites for hydroxylation is 1. The number of nitrogens with zero attached hydrogens (tertiary/aromatic N) is 3. The zero-order chi connectivity index (χ0) is 24.3. The Labute approximate surface area is 201 Å². The average Bonchev–Trinajstić information content (AvgIpc) is 2.88. The number of likely N-dealkylation sites (tertiary alicyclic amines) is 1. The van der Waals surface area contributed by atoms with E-state index in [1.165, 1.54) is 0 Å². The number of ether oxygens (including phenoxy) is 2. The molecular weight excluding hydrogens is 432 g/mol. The van der Waals surface area contributed by atoms with Crippen molar-refractivity contribution in [3.63, 3.8) is 0 Å². The Hall–Kier alpha value is -3.00. The Morgan fingerprint density at radius 1 is 1.06 bits per heavy atom. The second-order valence-electron chi connectivity index (χ2n) is 9.57. The molecule has 2 aliphatic heterocycles. The summed E-state index contributed by atoms with van der Waals surface area (Å²) in [5.41, 5.74) is 1.29. The van der Waals surface area contributed by atoms with Gasteiger partial charge in [0, 0.05) is 44.5 Å². The van der Waals surface area contributed by atoms with Gasteiger partial charge in [0.25, 0.3) is 5.91 Å². The highest BCUT2D eigenvalue weighted by molar-refractivity contribution is 5.92. The lowest BCUT2D eigenvalue weighted by Crippen LogP contribution is -2.53. The smallest absolute Gasteiger partial charge is 0.269 e. The molecule has 0 atom stereocenters. The molecule has 8 heteroatoms. The molecule has 2 amide bonds. The molecule has 1 N–H and O–H groups in total. The van der Waals surface area contributed by atoms with Crippen molar-refractivity contribution in [2.45, 2.75) is 50.4 Å². The van der Waals surface area contributed by atoms with E-state index in [4.69, 9.17) is 9.47 Å². The number of carbonyl (C=O) groups excluding carboxylic acids is 2. The molecule has 0 spiro atoms. The topological polar surface area (TPSA) is 93.7 Å². The van der Waals surface area contributed by atoms with Gasteiger partial charge in [-0.15, -0.1) is 0 Å². The molecule has 1 aromatic heterocycles. The van der Waals surface area contributed by atoms with Crippen molar-refractivity contribution < 1.29 is 19.1 Å². The van der Waals surface area contributed by atoms with Crippen LogP contribution in [0, 0.1) is 6.92 Å². The van der Waals surface area contributed by atoms with Gasteiger partial charge in [-0.1, -0.05) is 19.1 Å². The standard InChI is InChI=1S/C26H34N4O4/c1-18-17-21(22(31)27-3)29-23(28-18)25(2)9-13-30(14-10-25)24(32)26(11-15-34-16-12-26)19-5-7-20(33-4)8-6-19/h5-8,17H,9-16H2,1-4H3,(H,27,31). The zero-order valence-corrected chi connectivity index (χ0v) is 20.5. The van der Waals surface area contributed by atoms with Crippen LogP contribution in [0.2, 0.25) is 0 Å². The summed E-state index contributed by atoms with van der Waals surface area (Å²) in [6.07, 6.45) is 2.82. The summed E-state index contributed by atoms with van der Waals surface area (Å²) in [5.74, 6) is 1.40. The van der Waals surface area contributed by atoms with Gasteiger partial charge < -0.3 is 19.7 Å². The lowest BCUT2D eigenvalue weighted by Gasteiger charge is -2.44. The minimum atomic E-state index is -0.579. The molecule has 182 valence electrons. The van der Waals surface area contributed by atoms with Crippen LogP contribution in [0.4, 0.5) is 0 Å². The van der Waals surface area contributed by atoms with Crippen LogP contribution in [-0.2, 0) is 20.4 Å². The van der Waals surface area contributed by atoms with Gasteiger partial charge in [-0.05, 0) is 56.4 Å². The van der Waals surface area contributed by atoms with E-state index >= 15 is 0 Å². The van der Waals surface area contributed by atoms with Gasteiger partial charge in [-0.3, -0.25) is 9.59 Å². The summed E-state index contributed by atoms with van der Waals surface area (Å²) in [4.78, 5) is 37.4. The normalized spacial score (nSPS) is 19.4. The highest BCUT2D eigenvalue weighted by atomic mass is 16.5. The number of carbonyl (C=O) groups is 2. The van der Waals surface area contributed by atoms with Crippen LogP contribution in [0.5, 0.6) is 5.75 Å². The molecule has 2 saturated heterocycles. The van der Waals surface area contributed by atoms with Gasteiger partial charge in [0.15, 0.2) is 0 Å². The van der Waals surface area contributed by atoms with Gasteiger partial charge in [0.2, 0.25) is 5.91 Å². The van der Waals surface area contributed by atoms with Crippen molar-refractivity contribution >= 4 is 11.8 Å². The van der Waals surface area contributed by atoms with E-state index in [0.29, 0.717) is 50.7 Å².